The summed E-state index contributed by atoms with van der Waals surface area (Å²) in [6.07, 6.45) is -0.218. The minimum atomic E-state index is -4.76. The molecular formula is C47H48F3N7O6. The van der Waals surface area contributed by atoms with Gasteiger partial charge in [-0.25, -0.2) is 4.98 Å². The van der Waals surface area contributed by atoms with E-state index in [1.807, 2.05) is 45.9 Å². The van der Waals surface area contributed by atoms with Crippen LogP contribution in [0.3, 0.4) is 0 Å². The van der Waals surface area contributed by atoms with Crippen molar-refractivity contribution in [3.63, 3.8) is 0 Å². The van der Waals surface area contributed by atoms with E-state index in [2.05, 4.69) is 37.3 Å². The van der Waals surface area contributed by atoms with Crippen LogP contribution in [0.25, 0.3) is 0 Å². The second kappa shape index (κ2) is 16.5. The van der Waals surface area contributed by atoms with Gasteiger partial charge in [-0.05, 0) is 93.7 Å². The zero-order chi connectivity index (χ0) is 45.0. The topological polar surface area (TPSA) is 165 Å². The van der Waals surface area contributed by atoms with Crippen molar-refractivity contribution in [2.45, 2.75) is 96.6 Å². The maximum Gasteiger partial charge on any atom is 0.419 e. The number of carbonyl (C=O) groups excluding carboxylic acids is 5. The van der Waals surface area contributed by atoms with Crippen molar-refractivity contribution in [1.82, 2.24) is 25.4 Å². The van der Waals surface area contributed by atoms with E-state index in [9.17, 15) is 37.1 Å². The molecule has 63 heavy (non-hydrogen) atoms. The van der Waals surface area contributed by atoms with Crippen LogP contribution in [0.15, 0.2) is 54.7 Å². The van der Waals surface area contributed by atoms with Gasteiger partial charge in [0.25, 0.3) is 17.7 Å². The van der Waals surface area contributed by atoms with Gasteiger partial charge < -0.3 is 19.9 Å². The number of amides is 5. The number of piperidine rings is 3. The molecule has 1 saturated carbocycles. The number of rotatable bonds is 7. The minimum Gasteiger partial charge on any atom is -0.488 e. The van der Waals surface area contributed by atoms with Gasteiger partial charge >= 0.3 is 6.18 Å². The van der Waals surface area contributed by atoms with Gasteiger partial charge in [-0.1, -0.05) is 39.5 Å². The first-order chi connectivity index (χ1) is 29.9. The smallest absolute Gasteiger partial charge is 0.419 e. The van der Waals surface area contributed by atoms with Gasteiger partial charge in [0.1, 0.15) is 24.0 Å². The van der Waals surface area contributed by atoms with Crippen LogP contribution >= 0.6 is 0 Å². The van der Waals surface area contributed by atoms with E-state index in [4.69, 9.17) is 10.00 Å². The number of ether oxygens (including phenoxy) is 1. The highest BCUT2D eigenvalue weighted by Crippen LogP contribution is 2.55. The summed E-state index contributed by atoms with van der Waals surface area (Å²) in [5, 5.41) is 14.4. The van der Waals surface area contributed by atoms with E-state index in [-0.39, 0.29) is 47.6 Å². The van der Waals surface area contributed by atoms with Gasteiger partial charge in [-0.15, -0.1) is 0 Å². The molecule has 0 bridgehead atoms. The molecule has 0 radical (unpaired) electrons. The number of carbonyl (C=O) groups is 5. The van der Waals surface area contributed by atoms with Crippen LogP contribution in [0.4, 0.5) is 18.9 Å². The summed E-state index contributed by atoms with van der Waals surface area (Å²) in [4.78, 5) is 73.4. The van der Waals surface area contributed by atoms with Crippen LogP contribution in [-0.4, -0.2) is 94.7 Å². The van der Waals surface area contributed by atoms with E-state index in [0.29, 0.717) is 11.6 Å². The molecule has 1 aromatic heterocycles. The molecule has 3 aromatic rings. The second-order valence-electron chi connectivity index (χ2n) is 18.3. The van der Waals surface area contributed by atoms with E-state index >= 15 is 0 Å². The van der Waals surface area contributed by atoms with Crippen LogP contribution in [0.1, 0.15) is 114 Å². The van der Waals surface area contributed by atoms with Crippen LogP contribution in [0.2, 0.25) is 0 Å². The van der Waals surface area contributed by atoms with Crippen molar-refractivity contribution < 1.29 is 41.9 Å². The molecule has 5 heterocycles. The standard InChI is InChI=1S/C47H48F3N7O6/c1-45(2)43(46(3,4)44(45)63-32-24-35(47(48,49)50)36(25-51)52-26-32)54-39(59)29-9-7-27(8-10-29)5-6-28-15-19-55(20-16-28)30-17-21-56(22-18-30)31-11-12-33-34(23-31)42(62)57(41(33)61)37-13-14-38(58)53-40(37)60/h7-12,23-24,26,28,30,37,43-44H,13-22H2,1-4H3,(H,54,59)(H,53,58,60)/t37?,43-,44-. The van der Waals surface area contributed by atoms with E-state index < -0.39 is 64.0 Å². The molecular weight excluding hydrogens is 816 g/mol. The zero-order valence-electron chi connectivity index (χ0n) is 35.5. The Balaban J connectivity index is 0.798. The number of hydrogen-bond donors (Lipinski definition) is 2. The molecule has 4 fully saturated rings. The minimum absolute atomic E-state index is 0.0732. The van der Waals surface area contributed by atoms with E-state index in [1.165, 1.54) is 6.07 Å². The van der Waals surface area contributed by atoms with Gasteiger partial charge in [0.2, 0.25) is 11.8 Å². The molecule has 16 heteroatoms. The number of anilines is 1. The largest absolute Gasteiger partial charge is 0.488 e. The molecule has 13 nitrogen and oxygen atoms in total. The molecule has 2 N–H and O–H groups in total. The number of aromatic nitrogens is 1. The highest BCUT2D eigenvalue weighted by atomic mass is 19.4. The number of halogens is 3. The third-order valence-electron chi connectivity index (χ3n) is 13.5. The number of hydrogen-bond acceptors (Lipinski definition) is 10. The monoisotopic (exact) mass is 863 g/mol. The predicted molar refractivity (Wildman–Crippen MR) is 223 cm³/mol. The average Bonchev–Trinajstić information content (AvgIpc) is 3.51. The van der Waals surface area contributed by atoms with Crippen molar-refractivity contribution in [2.24, 2.45) is 16.7 Å². The first kappa shape index (κ1) is 43.4. The van der Waals surface area contributed by atoms with E-state index in [1.54, 1.807) is 24.3 Å². The van der Waals surface area contributed by atoms with Crippen molar-refractivity contribution in [3.8, 4) is 23.7 Å². The summed E-state index contributed by atoms with van der Waals surface area (Å²) in [7, 11) is 0. The summed E-state index contributed by atoms with van der Waals surface area (Å²) in [6, 6.07) is 13.7. The number of imide groups is 2. The third kappa shape index (κ3) is 8.24. The number of alkyl halides is 3. The lowest BCUT2D eigenvalue weighted by molar-refractivity contribution is -0.165. The maximum absolute atomic E-state index is 13.6. The fraction of sp³-hybridized carbons (Fsp3) is 0.468. The van der Waals surface area contributed by atoms with Gasteiger partial charge in [-0.3, -0.25) is 34.2 Å². The fourth-order valence-corrected chi connectivity index (χ4v) is 10.4. The number of nitrogens with zero attached hydrogens (tertiary/aromatic N) is 5. The van der Waals surface area contributed by atoms with Gasteiger partial charge in [-0.2, -0.15) is 18.4 Å². The molecule has 8 rings (SSSR count). The van der Waals surface area contributed by atoms with Crippen molar-refractivity contribution in [1.29, 1.82) is 5.26 Å². The molecule has 2 aromatic carbocycles. The molecule has 1 unspecified atom stereocenters. The Hall–Kier alpha value is -6.26. The van der Waals surface area contributed by atoms with Crippen molar-refractivity contribution in [2.75, 3.05) is 31.1 Å². The molecule has 5 aliphatic rings. The summed E-state index contributed by atoms with van der Waals surface area (Å²) in [5.41, 5.74) is -0.502. The van der Waals surface area contributed by atoms with Crippen LogP contribution in [-0.2, 0) is 15.8 Å². The number of fused-ring (bicyclic) bond motifs is 1. The highest BCUT2D eigenvalue weighted by Gasteiger charge is 2.64. The Morgan fingerprint density at radius 3 is 2.19 bits per heavy atom. The highest BCUT2D eigenvalue weighted by molar-refractivity contribution is 6.23. The Kier molecular flexibility index (Phi) is 11.3. The fourth-order valence-electron chi connectivity index (χ4n) is 10.4. The number of nitrogens with one attached hydrogen (secondary N) is 2. The molecule has 1 atom stereocenters. The summed E-state index contributed by atoms with van der Waals surface area (Å²) < 4.78 is 46.7. The molecule has 1 aliphatic carbocycles. The van der Waals surface area contributed by atoms with Gasteiger partial charge in [0.15, 0.2) is 5.69 Å². The summed E-state index contributed by atoms with van der Waals surface area (Å²) in [5.74, 6) is 4.53. The Morgan fingerprint density at radius 1 is 0.889 bits per heavy atom. The second-order valence-corrected chi connectivity index (χ2v) is 18.3. The maximum atomic E-state index is 13.6. The van der Waals surface area contributed by atoms with Gasteiger partial charge in [0.05, 0.1) is 22.9 Å². The Bertz CT molecular complexity index is 2450. The normalized spacial score (nSPS) is 23.8. The lowest BCUT2D eigenvalue weighted by atomic mass is 9.49. The molecule has 0 spiro atoms. The number of nitriles is 1. The SMILES string of the molecule is CC1(C)[C@H](NC(=O)c2ccc(C#CC3CCN(C4CCN(c5ccc6c(c5)C(=O)N(C5CCC(=O)NC5=O)C6=O)CC4)CC3)cc2)C(C)(C)[C@H]1Oc1cnc(C#N)c(C(F)(F)F)c1. The van der Waals surface area contributed by atoms with E-state index in [0.717, 1.165) is 80.3 Å². The summed E-state index contributed by atoms with van der Waals surface area (Å²) in [6.45, 7) is 11.0. The molecule has 3 saturated heterocycles. The summed E-state index contributed by atoms with van der Waals surface area (Å²) >= 11 is 0. The van der Waals surface area contributed by atoms with Crippen molar-refractivity contribution in [3.05, 3.63) is 88.2 Å². The number of benzene rings is 2. The van der Waals surface area contributed by atoms with Gasteiger partial charge in [0, 0.05) is 65.2 Å². The average molecular weight is 864 g/mol. The quantitative estimate of drug-likeness (QED) is 0.222. The first-order valence-electron chi connectivity index (χ1n) is 21.3. The Labute approximate surface area is 363 Å². The first-order valence-corrected chi connectivity index (χ1v) is 21.3. The molecule has 5 amide bonds. The Morgan fingerprint density at radius 2 is 1.56 bits per heavy atom. The lowest BCUT2D eigenvalue weighted by Crippen LogP contribution is -2.74. The predicted octanol–water partition coefficient (Wildman–Crippen LogP) is 5.72. The van der Waals surface area contributed by atoms with Crippen molar-refractivity contribution >= 4 is 35.2 Å². The molecule has 328 valence electrons. The molecule has 4 aliphatic heterocycles. The zero-order valence-corrected chi connectivity index (χ0v) is 35.5. The third-order valence-corrected chi connectivity index (χ3v) is 13.5. The van der Waals surface area contributed by atoms with Crippen LogP contribution < -0.4 is 20.3 Å². The lowest BCUT2D eigenvalue weighted by Gasteiger charge is -2.63. The van der Waals surface area contributed by atoms with Crippen LogP contribution in [0, 0.1) is 39.9 Å². The number of likely N-dealkylation sites (tertiary alicyclic amines) is 1. The number of pyridine rings is 1. The van der Waals surface area contributed by atoms with Crippen LogP contribution in [0.5, 0.6) is 5.75 Å².